The molecule has 2 heterocycles. The van der Waals surface area contributed by atoms with Gasteiger partial charge in [-0.15, -0.1) is 11.3 Å². The van der Waals surface area contributed by atoms with Crippen molar-refractivity contribution < 1.29 is 4.79 Å². The van der Waals surface area contributed by atoms with Crippen LogP contribution in [-0.4, -0.2) is 16.1 Å². The van der Waals surface area contributed by atoms with E-state index in [9.17, 15) is 4.79 Å². The van der Waals surface area contributed by atoms with Gasteiger partial charge in [0.15, 0.2) is 0 Å². The number of fused-ring (bicyclic) bond motifs is 1. The van der Waals surface area contributed by atoms with E-state index in [-0.39, 0.29) is 5.91 Å². The van der Waals surface area contributed by atoms with Crippen LogP contribution in [0, 0.1) is 0 Å². The number of thiophene rings is 1. The largest absolute Gasteiger partial charge is 0.382 e. The molecule has 0 saturated carbocycles. The molecule has 0 radical (unpaired) electrons. The number of rotatable bonds is 2. The Kier molecular flexibility index (Phi) is 2.49. The van der Waals surface area contributed by atoms with Crippen LogP contribution in [0.5, 0.6) is 0 Å². The van der Waals surface area contributed by atoms with Crippen LogP contribution in [0.15, 0.2) is 35.7 Å². The number of aromatic nitrogens is 2. The van der Waals surface area contributed by atoms with Gasteiger partial charge in [0, 0.05) is 16.5 Å². The van der Waals surface area contributed by atoms with Gasteiger partial charge in [0.2, 0.25) is 0 Å². The van der Waals surface area contributed by atoms with E-state index in [0.717, 1.165) is 11.1 Å². The Bertz CT molecular complexity index is 716. The molecule has 0 aliphatic heterocycles. The Morgan fingerprint density at radius 2 is 2.22 bits per heavy atom. The highest BCUT2D eigenvalue weighted by Crippen LogP contribution is 2.24. The minimum Gasteiger partial charge on any atom is -0.382 e. The fraction of sp³-hybridized carbons (Fsp3) is 0. The summed E-state index contributed by atoms with van der Waals surface area (Å²) in [6.07, 6.45) is 0. The molecule has 2 aromatic heterocycles. The number of aromatic amines is 1. The summed E-state index contributed by atoms with van der Waals surface area (Å²) in [6.45, 7) is 0. The zero-order valence-electron chi connectivity index (χ0n) is 9.31. The molecule has 0 aliphatic rings. The fourth-order valence-electron chi connectivity index (χ4n) is 1.70. The normalized spacial score (nSPS) is 10.7. The van der Waals surface area contributed by atoms with Crippen molar-refractivity contribution in [2.45, 2.75) is 0 Å². The van der Waals surface area contributed by atoms with Crippen molar-refractivity contribution in [1.82, 2.24) is 10.2 Å². The summed E-state index contributed by atoms with van der Waals surface area (Å²) in [4.78, 5) is 11.9. The summed E-state index contributed by atoms with van der Waals surface area (Å²) in [5, 5.41) is 12.2. The second-order valence-corrected chi connectivity index (χ2v) is 4.78. The van der Waals surface area contributed by atoms with Crippen molar-refractivity contribution in [3.8, 4) is 0 Å². The van der Waals surface area contributed by atoms with E-state index in [1.165, 1.54) is 10.8 Å². The molecule has 0 aliphatic carbocycles. The Morgan fingerprint density at radius 3 is 3.00 bits per heavy atom. The van der Waals surface area contributed by atoms with E-state index < -0.39 is 0 Å². The molecule has 0 unspecified atom stereocenters. The third-order valence-corrected chi connectivity index (χ3v) is 3.45. The van der Waals surface area contributed by atoms with Gasteiger partial charge in [0.25, 0.3) is 5.91 Å². The second kappa shape index (κ2) is 4.15. The van der Waals surface area contributed by atoms with E-state index in [1.807, 2.05) is 29.6 Å². The van der Waals surface area contributed by atoms with Gasteiger partial charge in [-0.1, -0.05) is 0 Å². The number of nitrogens with zero attached hydrogens (tertiary/aromatic N) is 1. The number of nitrogens with two attached hydrogens (primary N) is 1. The third-order valence-electron chi connectivity index (χ3n) is 2.55. The summed E-state index contributed by atoms with van der Waals surface area (Å²) < 4.78 is 1.19. The summed E-state index contributed by atoms with van der Waals surface area (Å²) >= 11 is 1.67. The van der Waals surface area contributed by atoms with Gasteiger partial charge in [-0.05, 0) is 35.0 Å². The molecule has 6 heteroatoms. The van der Waals surface area contributed by atoms with E-state index in [0.29, 0.717) is 11.5 Å². The number of hydrogen-bond donors (Lipinski definition) is 3. The molecule has 3 rings (SSSR count). The van der Waals surface area contributed by atoms with Crippen molar-refractivity contribution in [3.05, 3.63) is 41.4 Å². The first-order valence-corrected chi connectivity index (χ1v) is 6.20. The highest BCUT2D eigenvalue weighted by molar-refractivity contribution is 7.17. The lowest BCUT2D eigenvalue weighted by Gasteiger charge is -2.03. The number of hydrogen-bond acceptors (Lipinski definition) is 4. The van der Waals surface area contributed by atoms with Crippen LogP contribution in [0.25, 0.3) is 10.1 Å². The van der Waals surface area contributed by atoms with Gasteiger partial charge in [-0.25, -0.2) is 0 Å². The van der Waals surface area contributed by atoms with Crippen LogP contribution in [0.2, 0.25) is 0 Å². The number of amides is 1. The van der Waals surface area contributed by atoms with Gasteiger partial charge in [0.1, 0.15) is 11.5 Å². The fourth-order valence-corrected chi connectivity index (χ4v) is 2.47. The van der Waals surface area contributed by atoms with E-state index >= 15 is 0 Å². The Morgan fingerprint density at radius 1 is 1.33 bits per heavy atom. The summed E-state index contributed by atoms with van der Waals surface area (Å²) in [5.74, 6) is 0.0437. The smallest absolute Gasteiger partial charge is 0.273 e. The zero-order valence-corrected chi connectivity index (χ0v) is 10.1. The standard InChI is InChI=1S/C12H10N4OS/c13-11-6-9(15-16-11)12(17)14-8-1-2-10-7(5-8)3-4-18-10/h1-6H,(H,14,17)(H3,13,15,16). The molecule has 4 N–H and O–H groups in total. The molecule has 1 amide bonds. The number of carbonyl (C=O) groups is 1. The average Bonchev–Trinajstić information content (AvgIpc) is 2.96. The predicted octanol–water partition coefficient (Wildman–Crippen LogP) is 2.46. The molecule has 3 aromatic rings. The van der Waals surface area contributed by atoms with Crippen LogP contribution in [-0.2, 0) is 0 Å². The second-order valence-electron chi connectivity index (χ2n) is 3.83. The maximum absolute atomic E-state index is 11.9. The van der Waals surface area contributed by atoms with Gasteiger partial charge >= 0.3 is 0 Å². The summed E-state index contributed by atoms with van der Waals surface area (Å²) in [5.41, 5.74) is 6.54. The minimum atomic E-state index is -0.256. The van der Waals surface area contributed by atoms with Crippen LogP contribution in [0.4, 0.5) is 11.5 Å². The quantitative estimate of drug-likeness (QED) is 0.660. The topological polar surface area (TPSA) is 83.8 Å². The molecule has 0 fully saturated rings. The van der Waals surface area contributed by atoms with E-state index in [4.69, 9.17) is 5.73 Å². The minimum absolute atomic E-state index is 0.256. The molecule has 0 saturated heterocycles. The maximum atomic E-state index is 11.9. The predicted molar refractivity (Wildman–Crippen MR) is 72.8 cm³/mol. The van der Waals surface area contributed by atoms with Crippen molar-refractivity contribution in [3.63, 3.8) is 0 Å². The maximum Gasteiger partial charge on any atom is 0.273 e. The van der Waals surface area contributed by atoms with Gasteiger partial charge in [-0.2, -0.15) is 5.10 Å². The average molecular weight is 258 g/mol. The van der Waals surface area contributed by atoms with Crippen molar-refractivity contribution in [1.29, 1.82) is 0 Å². The Hall–Kier alpha value is -2.34. The van der Waals surface area contributed by atoms with Crippen LogP contribution in [0.1, 0.15) is 10.5 Å². The monoisotopic (exact) mass is 258 g/mol. The van der Waals surface area contributed by atoms with Crippen LogP contribution < -0.4 is 11.1 Å². The molecule has 5 nitrogen and oxygen atoms in total. The molecule has 0 spiro atoms. The number of carbonyl (C=O) groups excluding carboxylic acids is 1. The first-order chi connectivity index (χ1) is 8.72. The molecule has 18 heavy (non-hydrogen) atoms. The first-order valence-electron chi connectivity index (χ1n) is 5.32. The Balaban J connectivity index is 1.85. The van der Waals surface area contributed by atoms with Crippen LogP contribution >= 0.6 is 11.3 Å². The molecular weight excluding hydrogens is 248 g/mol. The van der Waals surface area contributed by atoms with Crippen molar-refractivity contribution in [2.24, 2.45) is 0 Å². The van der Waals surface area contributed by atoms with E-state index in [2.05, 4.69) is 15.5 Å². The number of H-pyrrole nitrogens is 1. The Labute approximate surface area is 107 Å². The molecule has 0 atom stereocenters. The van der Waals surface area contributed by atoms with Crippen molar-refractivity contribution >= 4 is 38.8 Å². The van der Waals surface area contributed by atoms with Crippen LogP contribution in [0.3, 0.4) is 0 Å². The summed E-state index contributed by atoms with van der Waals surface area (Å²) in [7, 11) is 0. The highest BCUT2D eigenvalue weighted by atomic mass is 32.1. The lowest BCUT2D eigenvalue weighted by molar-refractivity contribution is 0.102. The van der Waals surface area contributed by atoms with E-state index in [1.54, 1.807) is 11.3 Å². The lowest BCUT2D eigenvalue weighted by Crippen LogP contribution is -2.12. The number of nitrogen functional groups attached to an aromatic ring is 1. The number of benzene rings is 1. The van der Waals surface area contributed by atoms with Gasteiger partial charge in [-0.3, -0.25) is 9.89 Å². The molecule has 0 bridgehead atoms. The number of nitrogens with one attached hydrogen (secondary N) is 2. The third kappa shape index (κ3) is 1.93. The molecule has 90 valence electrons. The SMILES string of the molecule is Nc1cc(C(=O)Nc2ccc3sccc3c2)[nH]n1. The molecular formula is C12H10N4OS. The van der Waals surface area contributed by atoms with Gasteiger partial charge in [0.05, 0.1) is 0 Å². The first kappa shape index (κ1) is 10.8. The zero-order chi connectivity index (χ0) is 12.5. The highest BCUT2D eigenvalue weighted by Gasteiger charge is 2.09. The lowest BCUT2D eigenvalue weighted by atomic mass is 10.2. The summed E-state index contributed by atoms with van der Waals surface area (Å²) in [6, 6.07) is 9.30. The van der Waals surface area contributed by atoms with Crippen molar-refractivity contribution in [2.75, 3.05) is 11.1 Å². The molecule has 1 aromatic carbocycles. The number of anilines is 2. The van der Waals surface area contributed by atoms with Gasteiger partial charge < -0.3 is 11.1 Å².